The molecule has 3 N–H and O–H groups in total. The van der Waals surface area contributed by atoms with E-state index < -0.39 is 0 Å². The van der Waals surface area contributed by atoms with Gasteiger partial charge in [-0.15, -0.1) is 0 Å². The molecule has 0 atom stereocenters. The van der Waals surface area contributed by atoms with Crippen molar-refractivity contribution < 1.29 is 9.94 Å². The summed E-state index contributed by atoms with van der Waals surface area (Å²) < 4.78 is 6.38. The zero-order valence-electron chi connectivity index (χ0n) is 9.12. The molecule has 2 aromatic heterocycles. The van der Waals surface area contributed by atoms with Crippen molar-refractivity contribution in [1.29, 1.82) is 0 Å². The normalized spacial score (nSPS) is 11.3. The maximum Gasteiger partial charge on any atom is 0.188 e. The molecule has 0 fully saturated rings. The summed E-state index contributed by atoms with van der Waals surface area (Å²) in [6.07, 6.45) is 4.74. The van der Waals surface area contributed by atoms with Crippen molar-refractivity contribution in [2.75, 3.05) is 0 Å². The number of hydrogen-bond donors (Lipinski definition) is 2. The Hall–Kier alpha value is -2.15. The number of hydrogen-bond acceptors (Lipinski definition) is 5. The molecule has 0 radical (unpaired) electrons. The average Bonchev–Trinajstić information content (AvgIpc) is 2.38. The van der Waals surface area contributed by atoms with Crippen LogP contribution in [0, 0.1) is 0 Å². The van der Waals surface area contributed by atoms with Gasteiger partial charge in [0.15, 0.2) is 5.84 Å². The van der Waals surface area contributed by atoms with E-state index in [0.717, 1.165) is 4.47 Å². The molecule has 0 aliphatic rings. The van der Waals surface area contributed by atoms with Crippen LogP contribution in [0.3, 0.4) is 0 Å². The van der Waals surface area contributed by atoms with E-state index in [1.165, 1.54) is 6.20 Å². The molecule has 0 bridgehead atoms. The second kappa shape index (κ2) is 5.46. The van der Waals surface area contributed by atoms with Crippen LogP contribution in [-0.2, 0) is 0 Å². The summed E-state index contributed by atoms with van der Waals surface area (Å²) in [7, 11) is 0. The number of amidine groups is 1. The first-order chi connectivity index (χ1) is 8.69. The summed E-state index contributed by atoms with van der Waals surface area (Å²) in [5, 5.41) is 11.4. The van der Waals surface area contributed by atoms with Gasteiger partial charge in [0.1, 0.15) is 17.2 Å². The highest BCUT2D eigenvalue weighted by molar-refractivity contribution is 9.10. The number of oxime groups is 1. The van der Waals surface area contributed by atoms with Crippen molar-refractivity contribution in [3.05, 3.63) is 47.0 Å². The Morgan fingerprint density at radius 3 is 2.89 bits per heavy atom. The molecule has 2 aromatic rings. The second-order valence-corrected chi connectivity index (χ2v) is 4.22. The highest BCUT2D eigenvalue weighted by atomic mass is 79.9. The quantitative estimate of drug-likeness (QED) is 0.392. The van der Waals surface area contributed by atoms with E-state index in [1.54, 1.807) is 30.6 Å². The molecule has 0 spiro atoms. The molecule has 0 saturated heterocycles. The van der Waals surface area contributed by atoms with E-state index >= 15 is 0 Å². The van der Waals surface area contributed by atoms with E-state index in [9.17, 15) is 0 Å². The molecule has 0 unspecified atom stereocenters. The third-order valence-corrected chi connectivity index (χ3v) is 2.45. The van der Waals surface area contributed by atoms with E-state index in [4.69, 9.17) is 15.7 Å². The first-order valence-electron chi connectivity index (χ1n) is 4.91. The molecule has 18 heavy (non-hydrogen) atoms. The number of nitrogens with zero attached hydrogens (tertiary/aromatic N) is 3. The highest BCUT2D eigenvalue weighted by Gasteiger charge is 2.04. The van der Waals surface area contributed by atoms with Crippen LogP contribution in [-0.4, -0.2) is 21.0 Å². The summed E-state index contributed by atoms with van der Waals surface area (Å²) >= 11 is 3.30. The predicted octanol–water partition coefficient (Wildman–Crippen LogP) is 2.13. The molecule has 0 aromatic carbocycles. The van der Waals surface area contributed by atoms with Crippen molar-refractivity contribution >= 4 is 21.8 Å². The Balaban J connectivity index is 2.24. The van der Waals surface area contributed by atoms with Crippen LogP contribution in [0.5, 0.6) is 11.5 Å². The van der Waals surface area contributed by atoms with E-state index in [2.05, 4.69) is 31.1 Å². The minimum absolute atomic E-state index is 0.0761. The maximum absolute atomic E-state index is 8.57. The first-order valence-corrected chi connectivity index (χ1v) is 5.70. The van der Waals surface area contributed by atoms with Gasteiger partial charge in [-0.3, -0.25) is 9.97 Å². The molecule has 2 heterocycles. The number of pyridine rings is 2. The van der Waals surface area contributed by atoms with Gasteiger partial charge < -0.3 is 15.7 Å². The lowest BCUT2D eigenvalue weighted by molar-refractivity contribution is 0.318. The zero-order valence-corrected chi connectivity index (χ0v) is 10.7. The Morgan fingerprint density at radius 2 is 2.17 bits per heavy atom. The van der Waals surface area contributed by atoms with Gasteiger partial charge in [0.05, 0.1) is 6.20 Å². The standard InChI is InChI=1S/C11H9BrN4O2/c12-7-3-9(6-14-5-7)18-8-1-2-15-10(4-8)11(13)16-17/h1-6,17H,(H2,13,16). The van der Waals surface area contributed by atoms with Gasteiger partial charge in [0.2, 0.25) is 0 Å². The third kappa shape index (κ3) is 2.95. The van der Waals surface area contributed by atoms with Gasteiger partial charge in [-0.1, -0.05) is 5.16 Å². The minimum atomic E-state index is -0.0761. The Labute approximate surface area is 111 Å². The van der Waals surface area contributed by atoms with Crippen molar-refractivity contribution in [3.63, 3.8) is 0 Å². The van der Waals surface area contributed by atoms with E-state index in [1.807, 2.05) is 0 Å². The fraction of sp³-hybridized carbons (Fsp3) is 0. The Bertz CT molecular complexity index is 589. The van der Waals surface area contributed by atoms with Gasteiger partial charge in [-0.2, -0.15) is 0 Å². The van der Waals surface area contributed by atoms with E-state index in [-0.39, 0.29) is 5.84 Å². The summed E-state index contributed by atoms with van der Waals surface area (Å²) in [4.78, 5) is 7.93. The topological polar surface area (TPSA) is 93.6 Å². The number of halogens is 1. The summed E-state index contributed by atoms with van der Waals surface area (Å²) in [5.41, 5.74) is 5.77. The summed E-state index contributed by atoms with van der Waals surface area (Å²) in [6.45, 7) is 0. The maximum atomic E-state index is 8.57. The fourth-order valence-electron chi connectivity index (χ4n) is 1.25. The molecule has 0 aliphatic carbocycles. The first kappa shape index (κ1) is 12.3. The molecular weight excluding hydrogens is 300 g/mol. The van der Waals surface area contributed by atoms with Crippen LogP contribution in [0.15, 0.2) is 46.4 Å². The van der Waals surface area contributed by atoms with Gasteiger partial charge >= 0.3 is 0 Å². The number of ether oxygens (including phenoxy) is 1. The van der Waals surface area contributed by atoms with Gasteiger partial charge in [-0.05, 0) is 28.1 Å². The van der Waals surface area contributed by atoms with Crippen LogP contribution in [0.4, 0.5) is 0 Å². The smallest absolute Gasteiger partial charge is 0.188 e. The van der Waals surface area contributed by atoms with Crippen LogP contribution in [0.2, 0.25) is 0 Å². The predicted molar refractivity (Wildman–Crippen MR) is 68.8 cm³/mol. The van der Waals surface area contributed by atoms with Crippen molar-refractivity contribution in [2.24, 2.45) is 10.9 Å². The molecule has 6 nitrogen and oxygen atoms in total. The van der Waals surface area contributed by atoms with Gasteiger partial charge in [-0.25, -0.2) is 0 Å². The lowest BCUT2D eigenvalue weighted by Gasteiger charge is -2.06. The van der Waals surface area contributed by atoms with Crippen molar-refractivity contribution in [2.45, 2.75) is 0 Å². The monoisotopic (exact) mass is 308 g/mol. The van der Waals surface area contributed by atoms with Crippen LogP contribution in [0.1, 0.15) is 5.69 Å². The van der Waals surface area contributed by atoms with E-state index in [0.29, 0.717) is 17.2 Å². The zero-order chi connectivity index (χ0) is 13.0. The van der Waals surface area contributed by atoms with Crippen molar-refractivity contribution in [1.82, 2.24) is 9.97 Å². The largest absolute Gasteiger partial charge is 0.456 e. The fourth-order valence-corrected chi connectivity index (χ4v) is 1.59. The highest BCUT2D eigenvalue weighted by Crippen LogP contribution is 2.23. The van der Waals surface area contributed by atoms with Gasteiger partial charge in [0.25, 0.3) is 0 Å². The van der Waals surface area contributed by atoms with Crippen LogP contribution in [0.25, 0.3) is 0 Å². The molecule has 0 aliphatic heterocycles. The van der Waals surface area contributed by atoms with Crippen molar-refractivity contribution in [3.8, 4) is 11.5 Å². The minimum Gasteiger partial charge on any atom is -0.456 e. The summed E-state index contributed by atoms with van der Waals surface area (Å²) in [6, 6.07) is 5.00. The number of nitrogens with two attached hydrogens (primary N) is 1. The molecule has 2 rings (SSSR count). The van der Waals surface area contributed by atoms with Gasteiger partial charge in [0, 0.05) is 22.9 Å². The Morgan fingerprint density at radius 1 is 1.33 bits per heavy atom. The van der Waals surface area contributed by atoms with Crippen LogP contribution >= 0.6 is 15.9 Å². The Kier molecular flexibility index (Phi) is 3.73. The molecule has 0 saturated carbocycles. The second-order valence-electron chi connectivity index (χ2n) is 3.30. The lowest BCUT2D eigenvalue weighted by Crippen LogP contribution is -2.14. The number of rotatable bonds is 3. The summed E-state index contributed by atoms with van der Waals surface area (Å²) in [5.74, 6) is 1.01. The molecular formula is C11H9BrN4O2. The average molecular weight is 309 g/mol. The van der Waals surface area contributed by atoms with Crippen LogP contribution < -0.4 is 10.5 Å². The molecule has 92 valence electrons. The number of aromatic nitrogens is 2. The molecule has 7 heteroatoms. The third-order valence-electron chi connectivity index (χ3n) is 2.02. The SMILES string of the molecule is NC(=NO)c1cc(Oc2cncc(Br)c2)ccn1. The lowest BCUT2D eigenvalue weighted by atomic mass is 10.3. The molecule has 0 amide bonds.